The highest BCUT2D eigenvalue weighted by Gasteiger charge is 2.30. The summed E-state index contributed by atoms with van der Waals surface area (Å²) in [4.78, 5) is 2.65. The molecule has 1 heterocycles. The van der Waals surface area contributed by atoms with Gasteiger partial charge in [-0.3, -0.25) is 4.90 Å². The van der Waals surface area contributed by atoms with E-state index in [-0.39, 0.29) is 10.8 Å². The Labute approximate surface area is 167 Å². The summed E-state index contributed by atoms with van der Waals surface area (Å²) < 4.78 is 0. The fourth-order valence-corrected chi connectivity index (χ4v) is 4.13. The Balaban J connectivity index is 2.52. The molecule has 27 heavy (non-hydrogen) atoms. The maximum absolute atomic E-state index is 11.1. The molecule has 0 spiro atoms. The van der Waals surface area contributed by atoms with Crippen molar-refractivity contribution >= 4 is 0 Å². The van der Waals surface area contributed by atoms with E-state index in [1.807, 2.05) is 0 Å². The molecular formula is C24H42N2O. The van der Waals surface area contributed by atoms with Gasteiger partial charge in [0, 0.05) is 32.2 Å². The quantitative estimate of drug-likeness (QED) is 0.644. The van der Waals surface area contributed by atoms with Crippen molar-refractivity contribution in [3.05, 3.63) is 28.8 Å². The lowest BCUT2D eigenvalue weighted by molar-refractivity contribution is 0.162. The van der Waals surface area contributed by atoms with Gasteiger partial charge in [-0.2, -0.15) is 0 Å². The number of rotatable bonds is 6. The van der Waals surface area contributed by atoms with E-state index in [1.54, 1.807) is 0 Å². The summed E-state index contributed by atoms with van der Waals surface area (Å²) in [5, 5.41) is 14.6. The maximum Gasteiger partial charge on any atom is 0.123 e. The molecule has 0 amide bonds. The van der Waals surface area contributed by atoms with Gasteiger partial charge >= 0.3 is 0 Å². The van der Waals surface area contributed by atoms with Gasteiger partial charge in [0.15, 0.2) is 0 Å². The molecule has 0 bridgehead atoms. The third-order valence-corrected chi connectivity index (χ3v) is 5.81. The molecule has 1 aromatic rings. The normalized spacial score (nSPS) is 17.9. The molecule has 0 radical (unpaired) electrons. The van der Waals surface area contributed by atoms with Crippen LogP contribution < -0.4 is 5.32 Å². The zero-order chi connectivity index (χ0) is 20.2. The first-order valence-electron chi connectivity index (χ1n) is 10.9. The number of nitrogens with zero attached hydrogens (tertiary/aromatic N) is 1. The van der Waals surface area contributed by atoms with Crippen LogP contribution in [-0.4, -0.2) is 36.2 Å². The van der Waals surface area contributed by atoms with Crippen molar-refractivity contribution in [1.82, 2.24) is 10.2 Å². The Morgan fingerprint density at radius 3 is 1.93 bits per heavy atom. The molecule has 1 saturated heterocycles. The minimum absolute atomic E-state index is 0.0719. The molecule has 1 atom stereocenters. The Bertz CT molecular complexity index is 569. The van der Waals surface area contributed by atoms with Crippen molar-refractivity contribution in [3.8, 4) is 5.75 Å². The van der Waals surface area contributed by atoms with Gasteiger partial charge in [0.25, 0.3) is 0 Å². The van der Waals surface area contributed by atoms with Crippen molar-refractivity contribution in [2.75, 3.05) is 26.2 Å². The molecule has 1 aliphatic heterocycles. The largest absolute Gasteiger partial charge is 0.507 e. The van der Waals surface area contributed by atoms with Crippen LogP contribution in [0.2, 0.25) is 0 Å². The molecule has 1 aliphatic rings. The number of aromatic hydroxyl groups is 1. The first-order chi connectivity index (χ1) is 12.6. The zero-order valence-electron chi connectivity index (χ0n) is 18.8. The highest BCUT2D eigenvalue weighted by Crippen LogP contribution is 2.42. The Morgan fingerprint density at radius 2 is 1.48 bits per heavy atom. The summed E-state index contributed by atoms with van der Waals surface area (Å²) in [5.74, 6) is 0.492. The van der Waals surface area contributed by atoms with Crippen molar-refractivity contribution < 1.29 is 5.11 Å². The number of benzene rings is 1. The average molecular weight is 375 g/mol. The lowest BCUT2D eigenvalue weighted by Gasteiger charge is -2.37. The fourth-order valence-electron chi connectivity index (χ4n) is 4.13. The zero-order valence-corrected chi connectivity index (χ0v) is 18.8. The van der Waals surface area contributed by atoms with E-state index in [1.165, 1.54) is 31.2 Å². The average Bonchev–Trinajstić information content (AvgIpc) is 2.58. The smallest absolute Gasteiger partial charge is 0.123 e. The molecule has 1 aromatic carbocycles. The van der Waals surface area contributed by atoms with E-state index < -0.39 is 0 Å². The monoisotopic (exact) mass is 374 g/mol. The van der Waals surface area contributed by atoms with E-state index >= 15 is 0 Å². The predicted molar refractivity (Wildman–Crippen MR) is 117 cm³/mol. The first-order valence-corrected chi connectivity index (χ1v) is 10.9. The van der Waals surface area contributed by atoms with E-state index in [4.69, 9.17) is 0 Å². The summed E-state index contributed by atoms with van der Waals surface area (Å²) in [6.45, 7) is 19.8. The summed E-state index contributed by atoms with van der Waals surface area (Å²) in [6, 6.07) is 5.04. The maximum atomic E-state index is 11.1. The number of phenolic OH excluding ortho intramolecular Hbond substituents is 1. The summed E-state index contributed by atoms with van der Waals surface area (Å²) in [6.07, 6.45) is 5.01. The number of nitrogens with one attached hydrogen (secondary N) is 1. The Hall–Kier alpha value is -1.06. The molecule has 2 rings (SSSR count). The second kappa shape index (κ2) is 8.96. The van der Waals surface area contributed by atoms with Crippen molar-refractivity contribution in [1.29, 1.82) is 0 Å². The second-order valence-corrected chi connectivity index (χ2v) is 10.3. The second-order valence-electron chi connectivity index (χ2n) is 10.3. The van der Waals surface area contributed by atoms with Gasteiger partial charge < -0.3 is 10.4 Å². The lowest BCUT2D eigenvalue weighted by atomic mass is 9.77. The minimum Gasteiger partial charge on any atom is -0.507 e. The van der Waals surface area contributed by atoms with Gasteiger partial charge in [-0.15, -0.1) is 0 Å². The molecule has 3 nitrogen and oxygen atoms in total. The molecule has 0 unspecified atom stereocenters. The predicted octanol–water partition coefficient (Wildman–Crippen LogP) is 5.51. The van der Waals surface area contributed by atoms with E-state index in [0.29, 0.717) is 11.8 Å². The van der Waals surface area contributed by atoms with Gasteiger partial charge in [-0.1, -0.05) is 67.7 Å². The number of phenols is 1. The van der Waals surface area contributed by atoms with Crippen LogP contribution in [0.4, 0.5) is 0 Å². The molecule has 1 fully saturated rings. The number of hydrogen-bond acceptors (Lipinski definition) is 3. The van der Waals surface area contributed by atoms with E-state index in [2.05, 4.69) is 70.8 Å². The molecule has 0 saturated carbocycles. The SMILES string of the molecule is CCCCC[C@@H](c1cc(C(C)(C)C)c(O)c(C(C)(C)C)c1)N1CCNCC1. The summed E-state index contributed by atoms with van der Waals surface area (Å²) in [7, 11) is 0. The van der Waals surface area contributed by atoms with Crippen LogP contribution in [0, 0.1) is 0 Å². The molecule has 0 aliphatic carbocycles. The van der Waals surface area contributed by atoms with E-state index in [9.17, 15) is 5.11 Å². The molecule has 3 heteroatoms. The van der Waals surface area contributed by atoms with Crippen molar-refractivity contribution in [3.63, 3.8) is 0 Å². The Kier molecular flexibility index (Phi) is 7.38. The fraction of sp³-hybridized carbons (Fsp3) is 0.750. The number of piperazine rings is 1. The van der Waals surface area contributed by atoms with Crippen LogP contribution in [0.5, 0.6) is 5.75 Å². The van der Waals surface area contributed by atoms with Crippen LogP contribution in [0.1, 0.15) is 96.9 Å². The molecule has 154 valence electrons. The minimum atomic E-state index is -0.0719. The summed E-state index contributed by atoms with van der Waals surface area (Å²) in [5.41, 5.74) is 3.41. The van der Waals surface area contributed by atoms with Gasteiger partial charge in [-0.25, -0.2) is 0 Å². The van der Waals surface area contributed by atoms with Crippen LogP contribution in [0.25, 0.3) is 0 Å². The topological polar surface area (TPSA) is 35.5 Å². The van der Waals surface area contributed by atoms with Crippen molar-refractivity contribution in [2.45, 2.75) is 91.0 Å². The standard InChI is InChI=1S/C24H42N2O/c1-8-9-10-11-21(26-14-12-25-13-15-26)18-16-19(23(2,3)4)22(27)20(17-18)24(5,6)7/h16-17,21,25,27H,8-15H2,1-7H3/t21-/m0/s1. The third kappa shape index (κ3) is 5.71. The lowest BCUT2D eigenvalue weighted by Crippen LogP contribution is -2.45. The van der Waals surface area contributed by atoms with Gasteiger partial charge in [0.1, 0.15) is 5.75 Å². The third-order valence-electron chi connectivity index (χ3n) is 5.81. The molecular weight excluding hydrogens is 332 g/mol. The highest BCUT2D eigenvalue weighted by molar-refractivity contribution is 5.50. The summed E-state index contributed by atoms with van der Waals surface area (Å²) >= 11 is 0. The molecule has 2 N–H and O–H groups in total. The Morgan fingerprint density at radius 1 is 0.963 bits per heavy atom. The highest BCUT2D eigenvalue weighted by atomic mass is 16.3. The van der Waals surface area contributed by atoms with Crippen molar-refractivity contribution in [2.24, 2.45) is 0 Å². The van der Waals surface area contributed by atoms with Crippen LogP contribution in [0.3, 0.4) is 0 Å². The first kappa shape index (κ1) is 22.2. The van der Waals surface area contributed by atoms with Gasteiger partial charge in [0.2, 0.25) is 0 Å². The van der Waals surface area contributed by atoms with Crippen LogP contribution >= 0.6 is 0 Å². The number of unbranched alkanes of at least 4 members (excludes halogenated alkanes) is 2. The molecule has 0 aromatic heterocycles. The van der Waals surface area contributed by atoms with E-state index in [0.717, 1.165) is 37.3 Å². The van der Waals surface area contributed by atoms with Gasteiger partial charge in [0.05, 0.1) is 0 Å². The van der Waals surface area contributed by atoms with Crippen LogP contribution in [-0.2, 0) is 10.8 Å². The van der Waals surface area contributed by atoms with Gasteiger partial charge in [-0.05, 0) is 46.1 Å². The number of hydrogen-bond donors (Lipinski definition) is 2. The van der Waals surface area contributed by atoms with Crippen LogP contribution in [0.15, 0.2) is 12.1 Å².